The highest BCUT2D eigenvalue weighted by molar-refractivity contribution is 8.20. The lowest BCUT2D eigenvalue weighted by molar-refractivity contribution is -0.148. The summed E-state index contributed by atoms with van der Waals surface area (Å²) >= 11 is 3.45. The second-order valence-electron chi connectivity index (χ2n) is 8.68. The molecule has 2 atom stereocenters. The lowest BCUT2D eigenvalue weighted by Gasteiger charge is -2.35. The molecule has 0 spiro atoms. The van der Waals surface area contributed by atoms with Gasteiger partial charge in [-0.15, -0.1) is 16.7 Å². The van der Waals surface area contributed by atoms with Crippen molar-refractivity contribution in [3.63, 3.8) is 0 Å². The third kappa shape index (κ3) is 11.6. The van der Waals surface area contributed by atoms with E-state index >= 15 is 0 Å². The van der Waals surface area contributed by atoms with Crippen molar-refractivity contribution in [1.82, 2.24) is 9.62 Å². The molecule has 2 rings (SSSR count). The molecule has 1 heterocycles. The van der Waals surface area contributed by atoms with Gasteiger partial charge in [0.25, 0.3) is 0 Å². The fourth-order valence-electron chi connectivity index (χ4n) is 3.77. The number of hydrogen-bond donors (Lipinski definition) is 1. The minimum atomic E-state index is -4.66. The molecule has 5 nitrogen and oxygen atoms in total. The first-order chi connectivity index (χ1) is 16.6. The van der Waals surface area contributed by atoms with Crippen LogP contribution in [0.25, 0.3) is 0 Å². The zero-order chi connectivity index (χ0) is 26.4. The van der Waals surface area contributed by atoms with E-state index < -0.39 is 12.2 Å². The molecule has 1 N–H and O–H groups in total. The van der Waals surface area contributed by atoms with Gasteiger partial charge in [-0.3, -0.25) is 0 Å². The SMILES string of the molecule is C/C=C(\SC)SN1CCN(c2ccc(C(N=O)C(F)(F)F)cc2)CC1.CCCC(CC)NC(C)C. The number of nitrogens with one attached hydrogen (secondary N) is 1. The molecular weight excluding hydrogens is 493 g/mol. The van der Waals surface area contributed by atoms with Crippen molar-refractivity contribution in [3.05, 3.63) is 45.0 Å². The van der Waals surface area contributed by atoms with Crippen molar-refractivity contribution < 1.29 is 13.2 Å². The molecule has 1 fully saturated rings. The molecule has 0 radical (unpaired) electrons. The van der Waals surface area contributed by atoms with Gasteiger partial charge in [-0.2, -0.15) is 13.2 Å². The molecule has 2 unspecified atom stereocenters. The second kappa shape index (κ2) is 16.5. The molecule has 0 aromatic heterocycles. The van der Waals surface area contributed by atoms with Gasteiger partial charge in [-0.1, -0.05) is 57.5 Å². The normalized spacial score (nSPS) is 17.1. The van der Waals surface area contributed by atoms with Gasteiger partial charge in [0.2, 0.25) is 6.04 Å². The summed E-state index contributed by atoms with van der Waals surface area (Å²) in [6.07, 6.45) is 3.33. The molecule has 1 aliphatic rings. The summed E-state index contributed by atoms with van der Waals surface area (Å²) in [7, 11) is 0. The highest BCUT2D eigenvalue weighted by Gasteiger charge is 2.42. The summed E-state index contributed by atoms with van der Waals surface area (Å²) in [5.41, 5.74) is 0.731. The Kier molecular flexibility index (Phi) is 15.0. The van der Waals surface area contributed by atoms with Crippen molar-refractivity contribution in [2.45, 2.75) is 78.2 Å². The Balaban J connectivity index is 0.000000518. The summed E-state index contributed by atoms with van der Waals surface area (Å²) in [6, 6.07) is 4.99. The maximum atomic E-state index is 12.7. The van der Waals surface area contributed by atoms with Crippen molar-refractivity contribution in [3.8, 4) is 0 Å². The largest absolute Gasteiger partial charge is 0.418 e. The number of allylic oxidation sites excluding steroid dienone is 1. The number of piperazine rings is 1. The van der Waals surface area contributed by atoms with Gasteiger partial charge in [-0.25, -0.2) is 4.31 Å². The Bertz CT molecular complexity index is 752. The van der Waals surface area contributed by atoms with Gasteiger partial charge in [0.15, 0.2) is 0 Å². The van der Waals surface area contributed by atoms with Crippen molar-refractivity contribution in [2.24, 2.45) is 5.18 Å². The first-order valence-electron chi connectivity index (χ1n) is 12.2. The summed E-state index contributed by atoms with van der Waals surface area (Å²) in [6.45, 7) is 14.2. The van der Waals surface area contributed by atoms with Crippen LogP contribution in [0.5, 0.6) is 0 Å². The summed E-state index contributed by atoms with van der Waals surface area (Å²) in [5.74, 6) is 0. The monoisotopic (exact) mass is 534 g/mol. The lowest BCUT2D eigenvalue weighted by Crippen LogP contribution is -2.43. The van der Waals surface area contributed by atoms with E-state index in [1.165, 1.54) is 35.6 Å². The van der Waals surface area contributed by atoms with Gasteiger partial charge in [0.05, 0.1) is 4.24 Å². The van der Waals surface area contributed by atoms with E-state index in [9.17, 15) is 18.1 Å². The number of nitrogens with zero attached hydrogens (tertiary/aromatic N) is 3. The highest BCUT2D eigenvalue weighted by Crippen LogP contribution is 2.36. The third-order valence-electron chi connectivity index (χ3n) is 5.58. The standard InChI is InChI=1S/C16H20F3N3OS2.C9H21N/c1-3-14(24-2)25-22-10-8-21(9-11-22)13-6-4-12(5-7-13)15(20-23)16(17,18)19;1-5-7-9(6-2)10-8(3)4/h3-7,15H,8-11H2,1-2H3;8-10H,5-7H2,1-4H3/b14-3+;. The summed E-state index contributed by atoms with van der Waals surface area (Å²) in [5, 5.41) is 5.75. The van der Waals surface area contributed by atoms with Gasteiger partial charge in [-0.05, 0) is 55.7 Å². The van der Waals surface area contributed by atoms with Gasteiger partial charge < -0.3 is 10.2 Å². The topological polar surface area (TPSA) is 47.9 Å². The number of hydrogen-bond acceptors (Lipinski definition) is 7. The maximum Gasteiger partial charge on any atom is 0.418 e. The molecule has 0 amide bonds. The van der Waals surface area contributed by atoms with Crippen LogP contribution in [0.2, 0.25) is 0 Å². The molecule has 1 aromatic carbocycles. The molecule has 10 heteroatoms. The minimum Gasteiger partial charge on any atom is -0.369 e. The predicted molar refractivity (Wildman–Crippen MR) is 147 cm³/mol. The molecule has 1 aromatic rings. The van der Waals surface area contributed by atoms with E-state index in [4.69, 9.17) is 0 Å². The van der Waals surface area contributed by atoms with Crippen LogP contribution in [0, 0.1) is 4.91 Å². The zero-order valence-corrected chi connectivity index (χ0v) is 23.4. The Morgan fingerprint density at radius 2 is 1.74 bits per heavy atom. The van der Waals surface area contributed by atoms with E-state index in [2.05, 4.69) is 53.5 Å². The average Bonchev–Trinajstić information content (AvgIpc) is 2.83. The van der Waals surface area contributed by atoms with E-state index in [1.54, 1.807) is 35.8 Å². The first kappa shape index (κ1) is 31.8. The summed E-state index contributed by atoms with van der Waals surface area (Å²) in [4.78, 5) is 12.6. The Morgan fingerprint density at radius 1 is 1.14 bits per heavy atom. The molecule has 1 saturated heterocycles. The lowest BCUT2D eigenvalue weighted by atomic mass is 10.1. The van der Waals surface area contributed by atoms with Crippen LogP contribution >= 0.6 is 23.7 Å². The van der Waals surface area contributed by atoms with Gasteiger partial charge in [0, 0.05) is 44.0 Å². The first-order valence-corrected chi connectivity index (χ1v) is 14.2. The zero-order valence-electron chi connectivity index (χ0n) is 21.8. The number of halogens is 3. The number of thioether (sulfide) groups is 1. The Hall–Kier alpha value is -1.23. The summed E-state index contributed by atoms with van der Waals surface area (Å²) < 4.78 is 41.8. The molecule has 1 aliphatic heterocycles. The number of nitroso groups, excluding NO2 is 1. The molecular formula is C25H41F3N4OS2. The predicted octanol–water partition coefficient (Wildman–Crippen LogP) is 7.61. The maximum absolute atomic E-state index is 12.7. The smallest absolute Gasteiger partial charge is 0.369 e. The van der Waals surface area contributed by atoms with Crippen LogP contribution in [0.3, 0.4) is 0 Å². The molecule has 0 saturated carbocycles. The Labute approximate surface area is 217 Å². The minimum absolute atomic E-state index is 0.127. The van der Waals surface area contributed by atoms with Crippen LogP contribution in [-0.4, -0.2) is 55.0 Å². The Morgan fingerprint density at radius 3 is 2.14 bits per heavy atom. The van der Waals surface area contributed by atoms with Crippen LogP contribution < -0.4 is 10.2 Å². The number of anilines is 1. The van der Waals surface area contributed by atoms with Gasteiger partial charge in [0.1, 0.15) is 0 Å². The molecule has 0 bridgehead atoms. The van der Waals surface area contributed by atoms with Crippen LogP contribution in [-0.2, 0) is 0 Å². The number of rotatable bonds is 11. The molecule has 35 heavy (non-hydrogen) atoms. The van der Waals surface area contributed by atoms with E-state index in [0.29, 0.717) is 6.04 Å². The average molecular weight is 535 g/mol. The van der Waals surface area contributed by atoms with E-state index in [-0.39, 0.29) is 5.56 Å². The fourth-order valence-corrected chi connectivity index (χ4v) is 5.33. The molecule has 200 valence electrons. The fraction of sp³-hybridized carbons (Fsp3) is 0.680. The van der Waals surface area contributed by atoms with Crippen LogP contribution in [0.4, 0.5) is 18.9 Å². The van der Waals surface area contributed by atoms with Crippen LogP contribution in [0.1, 0.15) is 65.5 Å². The van der Waals surface area contributed by atoms with Crippen LogP contribution in [0.15, 0.2) is 39.8 Å². The van der Waals surface area contributed by atoms with Crippen molar-refractivity contribution in [1.29, 1.82) is 0 Å². The van der Waals surface area contributed by atoms with Crippen molar-refractivity contribution in [2.75, 3.05) is 37.3 Å². The van der Waals surface area contributed by atoms with Gasteiger partial charge >= 0.3 is 6.18 Å². The van der Waals surface area contributed by atoms with Crippen molar-refractivity contribution >= 4 is 29.4 Å². The third-order valence-corrected chi connectivity index (χ3v) is 7.98. The van der Waals surface area contributed by atoms with E-state index in [0.717, 1.165) is 37.9 Å². The quantitative estimate of drug-likeness (QED) is 0.233. The highest BCUT2D eigenvalue weighted by atomic mass is 32.2. The second-order valence-corrected chi connectivity index (χ2v) is 10.9. The number of benzene rings is 1. The molecule has 0 aliphatic carbocycles. The van der Waals surface area contributed by atoms with E-state index in [1.807, 2.05) is 13.2 Å². The number of alkyl halides is 3.